The highest BCUT2D eigenvalue weighted by Crippen LogP contribution is 2.24. The minimum absolute atomic E-state index is 0.0799. The molecular weight excluding hydrogens is 282 g/mol. The zero-order valence-electron chi connectivity index (χ0n) is 11.3. The normalized spacial score (nSPS) is 18.3. The highest BCUT2D eigenvalue weighted by Gasteiger charge is 2.30. The minimum Gasteiger partial charge on any atom is -0.396 e. The Bertz CT molecular complexity index is 600. The van der Waals surface area contributed by atoms with E-state index in [9.17, 15) is 13.2 Å². The van der Waals surface area contributed by atoms with Gasteiger partial charge in [0.05, 0.1) is 0 Å². The lowest BCUT2D eigenvalue weighted by Gasteiger charge is -2.29. The van der Waals surface area contributed by atoms with Crippen molar-refractivity contribution < 1.29 is 18.3 Å². The number of nitrogens with zero attached hydrogens (tertiary/aromatic N) is 2. The molecule has 0 aliphatic carbocycles. The topological polar surface area (TPSA) is 106 Å². The van der Waals surface area contributed by atoms with E-state index in [1.807, 2.05) is 0 Å². The van der Waals surface area contributed by atoms with Crippen LogP contribution in [0.4, 0.5) is 0 Å². The van der Waals surface area contributed by atoms with Crippen LogP contribution in [0.15, 0.2) is 17.2 Å². The summed E-state index contributed by atoms with van der Waals surface area (Å²) in [5.74, 6) is -0.494. The highest BCUT2D eigenvalue weighted by atomic mass is 32.2. The number of primary amides is 1. The van der Waals surface area contributed by atoms with E-state index in [2.05, 4.69) is 0 Å². The van der Waals surface area contributed by atoms with Gasteiger partial charge in [0, 0.05) is 32.9 Å². The van der Waals surface area contributed by atoms with E-state index in [1.165, 1.54) is 21.1 Å². The first kappa shape index (κ1) is 15.0. The molecule has 1 fully saturated rings. The first-order valence-electron chi connectivity index (χ1n) is 6.43. The second kappa shape index (κ2) is 5.55. The zero-order chi connectivity index (χ0) is 14.9. The molecule has 20 heavy (non-hydrogen) atoms. The maximum Gasteiger partial charge on any atom is 0.265 e. The molecule has 1 aromatic heterocycles. The first-order chi connectivity index (χ1) is 9.36. The molecule has 2 heterocycles. The lowest BCUT2D eigenvalue weighted by Crippen LogP contribution is -2.39. The Hall–Kier alpha value is -1.38. The predicted octanol–water partition coefficient (Wildman–Crippen LogP) is -0.483. The summed E-state index contributed by atoms with van der Waals surface area (Å²) in [5, 5.41) is 9.08. The average molecular weight is 301 g/mol. The predicted molar refractivity (Wildman–Crippen MR) is 72.5 cm³/mol. The molecule has 0 bridgehead atoms. The zero-order valence-corrected chi connectivity index (χ0v) is 12.1. The number of aryl methyl sites for hydroxylation is 1. The quantitative estimate of drug-likeness (QED) is 0.783. The molecule has 0 atom stereocenters. The van der Waals surface area contributed by atoms with Gasteiger partial charge < -0.3 is 15.4 Å². The van der Waals surface area contributed by atoms with Crippen molar-refractivity contribution in [2.75, 3.05) is 19.7 Å². The van der Waals surface area contributed by atoms with Gasteiger partial charge in [-0.2, -0.15) is 4.31 Å². The van der Waals surface area contributed by atoms with E-state index in [-0.39, 0.29) is 23.1 Å². The molecule has 0 spiro atoms. The average Bonchev–Trinajstić information content (AvgIpc) is 2.82. The van der Waals surface area contributed by atoms with Gasteiger partial charge in [-0.1, -0.05) is 0 Å². The van der Waals surface area contributed by atoms with Crippen LogP contribution in [0, 0.1) is 5.92 Å². The third-order valence-corrected chi connectivity index (χ3v) is 5.57. The van der Waals surface area contributed by atoms with Crippen LogP contribution in [0.5, 0.6) is 0 Å². The number of hydrogen-bond acceptors (Lipinski definition) is 4. The van der Waals surface area contributed by atoms with E-state index >= 15 is 0 Å². The van der Waals surface area contributed by atoms with Gasteiger partial charge in [-0.05, 0) is 24.8 Å². The maximum absolute atomic E-state index is 12.5. The molecule has 2 rings (SSSR count). The van der Waals surface area contributed by atoms with Crippen LogP contribution in [-0.4, -0.2) is 48.0 Å². The van der Waals surface area contributed by atoms with E-state index in [4.69, 9.17) is 10.8 Å². The number of amides is 1. The summed E-state index contributed by atoms with van der Waals surface area (Å²) in [6, 6.07) is 1.30. The van der Waals surface area contributed by atoms with Gasteiger partial charge in [-0.25, -0.2) is 8.42 Å². The fraction of sp³-hybridized carbons (Fsp3) is 0.583. The molecule has 1 aliphatic heterocycles. The summed E-state index contributed by atoms with van der Waals surface area (Å²) in [6.07, 6.45) is 2.68. The molecule has 112 valence electrons. The second-order valence-electron chi connectivity index (χ2n) is 5.07. The van der Waals surface area contributed by atoms with Crippen molar-refractivity contribution in [3.05, 3.63) is 18.0 Å². The summed E-state index contributed by atoms with van der Waals surface area (Å²) in [7, 11) is -2.03. The van der Waals surface area contributed by atoms with Crippen LogP contribution in [0.3, 0.4) is 0 Å². The van der Waals surface area contributed by atoms with Crippen molar-refractivity contribution in [1.29, 1.82) is 0 Å². The Morgan fingerprint density at radius 1 is 1.45 bits per heavy atom. The van der Waals surface area contributed by atoms with E-state index in [0.29, 0.717) is 25.9 Å². The molecule has 1 amide bonds. The molecule has 0 unspecified atom stereocenters. The standard InChI is InChI=1S/C12H19N3O4S/c1-14-7-10(6-11(14)12(13)17)20(18,19)15-4-2-9(8-16)3-5-15/h6-7,9,16H,2-5,8H2,1H3,(H2,13,17). The fourth-order valence-electron chi connectivity index (χ4n) is 2.40. The number of aromatic nitrogens is 1. The third-order valence-electron chi connectivity index (χ3n) is 3.70. The Balaban J connectivity index is 2.23. The molecule has 1 aromatic rings. The molecule has 0 radical (unpaired) electrons. The molecule has 7 nitrogen and oxygen atoms in total. The summed E-state index contributed by atoms with van der Waals surface area (Å²) < 4.78 is 27.7. The van der Waals surface area contributed by atoms with Crippen LogP contribution in [0.25, 0.3) is 0 Å². The van der Waals surface area contributed by atoms with Gasteiger partial charge in [0.2, 0.25) is 10.0 Å². The number of aliphatic hydroxyl groups is 1. The van der Waals surface area contributed by atoms with Gasteiger partial charge in [-0.15, -0.1) is 0 Å². The number of carbonyl (C=O) groups excluding carboxylic acids is 1. The summed E-state index contributed by atoms with van der Waals surface area (Å²) >= 11 is 0. The smallest absolute Gasteiger partial charge is 0.265 e. The van der Waals surface area contributed by atoms with Crippen LogP contribution in [0.1, 0.15) is 23.3 Å². The van der Waals surface area contributed by atoms with Gasteiger partial charge in [0.1, 0.15) is 10.6 Å². The first-order valence-corrected chi connectivity index (χ1v) is 7.87. The lowest BCUT2D eigenvalue weighted by atomic mass is 10.00. The van der Waals surface area contributed by atoms with Gasteiger partial charge in [0.25, 0.3) is 5.91 Å². The van der Waals surface area contributed by atoms with Crippen molar-refractivity contribution in [2.24, 2.45) is 18.7 Å². The van der Waals surface area contributed by atoms with Crippen molar-refractivity contribution in [2.45, 2.75) is 17.7 Å². The maximum atomic E-state index is 12.5. The second-order valence-corrected chi connectivity index (χ2v) is 7.00. The van der Waals surface area contributed by atoms with Crippen molar-refractivity contribution in [1.82, 2.24) is 8.87 Å². The number of rotatable bonds is 4. The molecule has 0 aromatic carbocycles. The number of hydrogen-bond donors (Lipinski definition) is 2. The minimum atomic E-state index is -3.61. The van der Waals surface area contributed by atoms with Crippen molar-refractivity contribution >= 4 is 15.9 Å². The van der Waals surface area contributed by atoms with E-state index < -0.39 is 15.9 Å². The molecular formula is C12H19N3O4S. The third kappa shape index (κ3) is 2.72. The summed E-state index contributed by atoms with van der Waals surface area (Å²) in [4.78, 5) is 11.3. The van der Waals surface area contributed by atoms with Gasteiger partial charge in [-0.3, -0.25) is 4.79 Å². The number of aliphatic hydroxyl groups excluding tert-OH is 1. The number of nitrogens with two attached hydrogens (primary N) is 1. The fourth-order valence-corrected chi connectivity index (χ4v) is 3.94. The van der Waals surface area contributed by atoms with Gasteiger partial charge in [0.15, 0.2) is 0 Å². The van der Waals surface area contributed by atoms with Crippen LogP contribution < -0.4 is 5.73 Å². The van der Waals surface area contributed by atoms with Crippen LogP contribution >= 0.6 is 0 Å². The van der Waals surface area contributed by atoms with Crippen LogP contribution in [0.2, 0.25) is 0 Å². The van der Waals surface area contributed by atoms with Crippen molar-refractivity contribution in [3.63, 3.8) is 0 Å². The summed E-state index contributed by atoms with van der Waals surface area (Å²) in [6.45, 7) is 0.855. The number of piperidine rings is 1. The van der Waals surface area contributed by atoms with Gasteiger partial charge >= 0.3 is 0 Å². The largest absolute Gasteiger partial charge is 0.396 e. The molecule has 1 saturated heterocycles. The van der Waals surface area contributed by atoms with E-state index in [1.54, 1.807) is 7.05 Å². The molecule has 3 N–H and O–H groups in total. The Morgan fingerprint density at radius 2 is 2.05 bits per heavy atom. The summed E-state index contributed by atoms with van der Waals surface area (Å²) in [5.41, 5.74) is 5.35. The monoisotopic (exact) mass is 301 g/mol. The van der Waals surface area contributed by atoms with E-state index in [0.717, 1.165) is 0 Å². The number of sulfonamides is 1. The Kier molecular flexibility index (Phi) is 4.17. The Morgan fingerprint density at radius 3 is 2.50 bits per heavy atom. The molecule has 8 heteroatoms. The van der Waals surface area contributed by atoms with Crippen LogP contribution in [-0.2, 0) is 17.1 Å². The molecule has 0 saturated carbocycles. The number of carbonyl (C=O) groups is 1. The van der Waals surface area contributed by atoms with Crippen molar-refractivity contribution in [3.8, 4) is 0 Å². The lowest BCUT2D eigenvalue weighted by molar-refractivity contribution is 0.0992. The molecule has 1 aliphatic rings. The SMILES string of the molecule is Cn1cc(S(=O)(=O)N2CCC(CO)CC2)cc1C(N)=O. The highest BCUT2D eigenvalue weighted by molar-refractivity contribution is 7.89. The Labute approximate surface area is 118 Å².